The van der Waals surface area contributed by atoms with E-state index in [9.17, 15) is 0 Å². The van der Waals surface area contributed by atoms with Gasteiger partial charge in [-0.1, -0.05) is 41.6 Å². The maximum Gasteiger partial charge on any atom is 0.209 e. The summed E-state index contributed by atoms with van der Waals surface area (Å²) in [6.45, 7) is 2.10. The van der Waals surface area contributed by atoms with Gasteiger partial charge in [0.2, 0.25) is 5.16 Å². The Labute approximate surface area is 98.0 Å². The third kappa shape index (κ3) is 1.67. The lowest BCUT2D eigenvalue weighted by molar-refractivity contribution is 0.658. The lowest BCUT2D eigenvalue weighted by atomic mass is 10.1. The van der Waals surface area contributed by atoms with Crippen molar-refractivity contribution in [1.29, 1.82) is 0 Å². The van der Waals surface area contributed by atoms with Gasteiger partial charge in [-0.2, -0.15) is 0 Å². The molecule has 3 rings (SSSR count). The van der Waals surface area contributed by atoms with E-state index in [2.05, 4.69) is 46.8 Å². The highest BCUT2D eigenvalue weighted by molar-refractivity contribution is 7.99. The molecular weight excluding hydrogens is 220 g/mol. The largest absolute Gasteiger partial charge is 0.314 e. The fourth-order valence-electron chi connectivity index (χ4n) is 1.74. The van der Waals surface area contributed by atoms with Crippen LogP contribution in [0.1, 0.15) is 17.2 Å². The summed E-state index contributed by atoms with van der Waals surface area (Å²) < 4.78 is 1.89. The van der Waals surface area contributed by atoms with Gasteiger partial charge in [-0.05, 0) is 12.5 Å². The topological polar surface area (TPSA) is 42.7 Å². The Balaban J connectivity index is 1.86. The van der Waals surface area contributed by atoms with Crippen molar-refractivity contribution < 1.29 is 0 Å². The summed E-state index contributed by atoms with van der Waals surface area (Å²) in [6, 6.07) is 8.95. The van der Waals surface area contributed by atoms with Crippen molar-refractivity contribution in [2.24, 2.45) is 0 Å². The zero-order chi connectivity index (χ0) is 11.0. The number of hydrogen-bond donors (Lipinski definition) is 1. The van der Waals surface area contributed by atoms with Crippen molar-refractivity contribution >= 4 is 11.8 Å². The van der Waals surface area contributed by atoms with E-state index in [1.807, 2.05) is 4.68 Å². The lowest BCUT2D eigenvalue weighted by Gasteiger charge is -2.25. The van der Waals surface area contributed by atoms with Gasteiger partial charge in [-0.25, -0.2) is 4.68 Å². The highest BCUT2D eigenvalue weighted by Crippen LogP contribution is 2.28. The van der Waals surface area contributed by atoms with E-state index in [0.29, 0.717) is 6.04 Å². The van der Waals surface area contributed by atoms with Crippen LogP contribution in [0.2, 0.25) is 0 Å². The molecule has 0 aliphatic carbocycles. The average molecular weight is 232 g/mol. The molecule has 82 valence electrons. The second-order valence-electron chi connectivity index (χ2n) is 3.89. The number of benzene rings is 1. The molecule has 1 atom stereocenters. The Morgan fingerprint density at radius 3 is 3.00 bits per heavy atom. The molecule has 0 spiro atoms. The lowest BCUT2D eigenvalue weighted by Crippen LogP contribution is -2.27. The van der Waals surface area contributed by atoms with Crippen LogP contribution < -0.4 is 5.43 Å². The molecule has 16 heavy (non-hydrogen) atoms. The molecule has 0 bridgehead atoms. The number of nitrogens with zero attached hydrogens (tertiary/aromatic N) is 3. The van der Waals surface area contributed by atoms with Gasteiger partial charge in [0, 0.05) is 5.75 Å². The molecule has 5 heteroatoms. The summed E-state index contributed by atoms with van der Waals surface area (Å²) >= 11 is 1.73. The summed E-state index contributed by atoms with van der Waals surface area (Å²) in [5.41, 5.74) is 5.98. The van der Waals surface area contributed by atoms with Gasteiger partial charge < -0.3 is 5.43 Å². The molecule has 4 nitrogen and oxygen atoms in total. The minimum Gasteiger partial charge on any atom is -0.314 e. The van der Waals surface area contributed by atoms with Crippen molar-refractivity contribution in [2.75, 3.05) is 11.2 Å². The quantitative estimate of drug-likeness (QED) is 0.816. The van der Waals surface area contributed by atoms with E-state index >= 15 is 0 Å². The van der Waals surface area contributed by atoms with Crippen LogP contribution in [0.25, 0.3) is 0 Å². The van der Waals surface area contributed by atoms with Crippen LogP contribution in [0.15, 0.2) is 35.7 Å². The minimum atomic E-state index is 0.328. The van der Waals surface area contributed by atoms with Crippen molar-refractivity contribution in [3.63, 3.8) is 0 Å². The van der Waals surface area contributed by atoms with Crippen LogP contribution in [0.5, 0.6) is 0 Å². The predicted molar refractivity (Wildman–Crippen MR) is 64.0 cm³/mol. The third-order valence-corrected chi connectivity index (χ3v) is 3.71. The highest BCUT2D eigenvalue weighted by Gasteiger charge is 2.20. The zero-order valence-corrected chi connectivity index (χ0v) is 9.74. The fourth-order valence-corrected chi connectivity index (χ4v) is 2.67. The van der Waals surface area contributed by atoms with Crippen molar-refractivity contribution in [2.45, 2.75) is 18.1 Å². The van der Waals surface area contributed by atoms with E-state index in [4.69, 9.17) is 0 Å². The molecule has 2 aromatic rings. The maximum absolute atomic E-state index is 4.01. The van der Waals surface area contributed by atoms with Gasteiger partial charge in [0.25, 0.3) is 0 Å². The molecule has 1 aliphatic heterocycles. The van der Waals surface area contributed by atoms with Crippen LogP contribution in [0, 0.1) is 6.92 Å². The normalized spacial score (nSPS) is 18.9. The number of hydrogen-bond acceptors (Lipinski definition) is 4. The Morgan fingerprint density at radius 2 is 2.19 bits per heavy atom. The molecule has 0 fully saturated rings. The van der Waals surface area contributed by atoms with E-state index in [1.54, 1.807) is 18.1 Å². The molecule has 1 N–H and O–H groups in total. The predicted octanol–water partition coefficient (Wildman–Crippen LogP) is 1.98. The smallest absolute Gasteiger partial charge is 0.209 e. The molecule has 0 saturated carbocycles. The van der Waals surface area contributed by atoms with Crippen LogP contribution in [-0.2, 0) is 0 Å². The van der Waals surface area contributed by atoms with Gasteiger partial charge in [0.05, 0.1) is 6.04 Å². The fraction of sp³-hybridized carbons (Fsp3) is 0.273. The van der Waals surface area contributed by atoms with Gasteiger partial charge in [-0.3, -0.25) is 0 Å². The first-order chi connectivity index (χ1) is 7.83. The van der Waals surface area contributed by atoms with E-state index in [0.717, 1.165) is 10.9 Å². The van der Waals surface area contributed by atoms with Crippen LogP contribution in [-0.4, -0.2) is 20.6 Å². The zero-order valence-electron chi connectivity index (χ0n) is 8.92. The molecule has 1 aromatic heterocycles. The number of rotatable bonds is 1. The Bertz CT molecular complexity index is 491. The van der Waals surface area contributed by atoms with Gasteiger partial charge in [0.1, 0.15) is 6.33 Å². The highest BCUT2D eigenvalue weighted by atomic mass is 32.2. The number of fused-ring (bicyclic) bond motifs is 1. The number of thioether (sulfide) groups is 1. The monoisotopic (exact) mass is 232 g/mol. The molecule has 1 aromatic carbocycles. The first-order valence-corrected chi connectivity index (χ1v) is 6.17. The average Bonchev–Trinajstić information content (AvgIpc) is 2.77. The van der Waals surface area contributed by atoms with E-state index < -0.39 is 0 Å². The molecular formula is C11H12N4S. The van der Waals surface area contributed by atoms with E-state index in [-0.39, 0.29) is 0 Å². The van der Waals surface area contributed by atoms with Crippen molar-refractivity contribution in [3.05, 3.63) is 41.7 Å². The summed E-state index contributed by atoms with van der Waals surface area (Å²) in [4.78, 5) is 0. The molecule has 0 radical (unpaired) electrons. The van der Waals surface area contributed by atoms with Gasteiger partial charge >= 0.3 is 0 Å². The number of aromatic nitrogens is 3. The molecule has 1 unspecified atom stereocenters. The van der Waals surface area contributed by atoms with Crippen LogP contribution in [0.3, 0.4) is 0 Å². The van der Waals surface area contributed by atoms with Crippen molar-refractivity contribution in [3.8, 4) is 0 Å². The summed E-state index contributed by atoms with van der Waals surface area (Å²) in [7, 11) is 0. The standard InChI is InChI=1S/C11H12N4S/c1-8-2-4-9(5-3-8)10-6-16-11-13-12-7-15(11)14-10/h2-5,7,10,14H,6H2,1H3. The Kier molecular flexibility index (Phi) is 2.32. The maximum atomic E-state index is 4.01. The minimum absolute atomic E-state index is 0.328. The Morgan fingerprint density at radius 1 is 1.38 bits per heavy atom. The molecule has 0 saturated heterocycles. The second-order valence-corrected chi connectivity index (χ2v) is 4.87. The van der Waals surface area contributed by atoms with Crippen molar-refractivity contribution in [1.82, 2.24) is 14.9 Å². The first kappa shape index (κ1) is 9.72. The summed E-state index contributed by atoms with van der Waals surface area (Å²) in [5.74, 6) is 0.988. The number of aryl methyl sites for hydroxylation is 1. The molecule has 0 amide bonds. The summed E-state index contributed by atoms with van der Waals surface area (Å²) in [6.07, 6.45) is 1.71. The first-order valence-electron chi connectivity index (χ1n) is 5.19. The second kappa shape index (κ2) is 3.83. The van der Waals surface area contributed by atoms with E-state index in [1.165, 1.54) is 11.1 Å². The van der Waals surface area contributed by atoms with Gasteiger partial charge in [0.15, 0.2) is 0 Å². The summed E-state index contributed by atoms with van der Waals surface area (Å²) in [5, 5.41) is 8.82. The Hall–Kier alpha value is -1.49. The van der Waals surface area contributed by atoms with Crippen LogP contribution >= 0.6 is 11.8 Å². The van der Waals surface area contributed by atoms with Crippen LogP contribution in [0.4, 0.5) is 0 Å². The van der Waals surface area contributed by atoms with Gasteiger partial charge in [-0.15, -0.1) is 10.2 Å². The SMILES string of the molecule is Cc1ccc(C2CSc3nncn3N2)cc1. The molecule has 1 aliphatic rings. The third-order valence-electron chi connectivity index (χ3n) is 2.67. The number of nitrogens with one attached hydrogen (secondary N) is 1. The molecule has 2 heterocycles.